The van der Waals surface area contributed by atoms with Crippen molar-refractivity contribution in [1.82, 2.24) is 4.90 Å². The number of likely N-dealkylation sites (tertiary alicyclic amines) is 1. The summed E-state index contributed by atoms with van der Waals surface area (Å²) in [7, 11) is 0. The van der Waals surface area contributed by atoms with E-state index in [0.29, 0.717) is 18.7 Å². The van der Waals surface area contributed by atoms with E-state index < -0.39 is 4.92 Å². The van der Waals surface area contributed by atoms with Crippen molar-refractivity contribution in [3.8, 4) is 0 Å². The molecule has 94 valence electrons. The van der Waals surface area contributed by atoms with E-state index in [4.69, 9.17) is 5.73 Å². The SMILES string of the molecule is Cl.N[C@@H]1CCN(C(=O)c2csc([N+](=O)[O-])c2)C1. The Hall–Kier alpha value is -1.18. The monoisotopic (exact) mass is 277 g/mol. The van der Waals surface area contributed by atoms with Gasteiger partial charge in [-0.3, -0.25) is 14.9 Å². The molecule has 1 aromatic rings. The summed E-state index contributed by atoms with van der Waals surface area (Å²) in [6.45, 7) is 1.16. The number of thiophene rings is 1. The smallest absolute Gasteiger partial charge is 0.324 e. The normalized spacial score (nSPS) is 18.9. The van der Waals surface area contributed by atoms with Gasteiger partial charge in [-0.15, -0.1) is 12.4 Å². The third kappa shape index (κ3) is 2.93. The molecular weight excluding hydrogens is 266 g/mol. The van der Waals surface area contributed by atoms with Gasteiger partial charge in [-0.1, -0.05) is 11.3 Å². The molecule has 0 spiro atoms. The fraction of sp³-hybridized carbons (Fsp3) is 0.444. The van der Waals surface area contributed by atoms with Crippen molar-refractivity contribution >= 4 is 34.7 Å². The average molecular weight is 278 g/mol. The molecule has 2 rings (SSSR count). The van der Waals surface area contributed by atoms with Crippen LogP contribution in [-0.4, -0.2) is 34.9 Å². The molecule has 1 aliphatic heterocycles. The van der Waals surface area contributed by atoms with Crippen LogP contribution in [0.4, 0.5) is 5.00 Å². The molecule has 0 bridgehead atoms. The van der Waals surface area contributed by atoms with E-state index in [1.807, 2.05) is 0 Å². The number of rotatable bonds is 2. The Balaban J connectivity index is 0.00000144. The number of nitrogens with zero attached hydrogens (tertiary/aromatic N) is 2. The number of carbonyl (C=O) groups excluding carboxylic acids is 1. The Bertz CT molecular complexity index is 437. The highest BCUT2D eigenvalue weighted by Crippen LogP contribution is 2.24. The summed E-state index contributed by atoms with van der Waals surface area (Å²) >= 11 is 0.968. The predicted octanol–water partition coefficient (Wildman–Crippen LogP) is 1.25. The number of halogens is 1. The second-order valence-electron chi connectivity index (χ2n) is 3.73. The molecule has 1 aliphatic rings. The van der Waals surface area contributed by atoms with Gasteiger partial charge in [0.15, 0.2) is 0 Å². The lowest BCUT2D eigenvalue weighted by Gasteiger charge is -2.14. The second kappa shape index (κ2) is 5.44. The van der Waals surface area contributed by atoms with Gasteiger partial charge in [0.2, 0.25) is 0 Å². The number of hydrogen-bond acceptors (Lipinski definition) is 5. The maximum absolute atomic E-state index is 11.9. The van der Waals surface area contributed by atoms with E-state index in [1.54, 1.807) is 4.90 Å². The summed E-state index contributed by atoms with van der Waals surface area (Å²) < 4.78 is 0. The molecule has 1 saturated heterocycles. The lowest BCUT2D eigenvalue weighted by atomic mass is 10.3. The van der Waals surface area contributed by atoms with Crippen molar-refractivity contribution < 1.29 is 9.72 Å². The highest BCUT2D eigenvalue weighted by molar-refractivity contribution is 7.13. The lowest BCUT2D eigenvalue weighted by molar-refractivity contribution is -0.380. The van der Waals surface area contributed by atoms with Crippen LogP contribution in [0, 0.1) is 10.1 Å². The summed E-state index contributed by atoms with van der Waals surface area (Å²) in [5.41, 5.74) is 6.08. The molecule has 0 aromatic carbocycles. The summed E-state index contributed by atoms with van der Waals surface area (Å²) in [5.74, 6) is -0.169. The van der Waals surface area contributed by atoms with Crippen LogP contribution in [0.1, 0.15) is 16.8 Å². The first kappa shape index (κ1) is 13.9. The summed E-state index contributed by atoms with van der Waals surface area (Å²) in [6.07, 6.45) is 0.790. The number of carbonyl (C=O) groups is 1. The summed E-state index contributed by atoms with van der Waals surface area (Å²) in [6, 6.07) is 1.34. The van der Waals surface area contributed by atoms with E-state index in [9.17, 15) is 14.9 Å². The molecule has 8 heteroatoms. The summed E-state index contributed by atoms with van der Waals surface area (Å²) in [4.78, 5) is 23.5. The molecule has 0 saturated carbocycles. The van der Waals surface area contributed by atoms with Crippen molar-refractivity contribution in [2.45, 2.75) is 12.5 Å². The van der Waals surface area contributed by atoms with Gasteiger partial charge in [-0.25, -0.2) is 0 Å². The number of hydrogen-bond donors (Lipinski definition) is 1. The van der Waals surface area contributed by atoms with Gasteiger partial charge in [-0.2, -0.15) is 0 Å². The van der Waals surface area contributed by atoms with Crippen molar-refractivity contribution in [3.05, 3.63) is 27.1 Å². The number of nitrogens with two attached hydrogens (primary N) is 1. The highest BCUT2D eigenvalue weighted by Gasteiger charge is 2.26. The van der Waals surface area contributed by atoms with Crippen molar-refractivity contribution in [1.29, 1.82) is 0 Å². The molecule has 0 unspecified atom stereocenters. The molecule has 0 aliphatic carbocycles. The van der Waals surface area contributed by atoms with Crippen LogP contribution >= 0.6 is 23.7 Å². The van der Waals surface area contributed by atoms with Crippen LogP contribution in [0.15, 0.2) is 11.4 Å². The van der Waals surface area contributed by atoms with E-state index in [-0.39, 0.29) is 29.4 Å². The molecule has 1 fully saturated rings. The Morgan fingerprint density at radius 3 is 2.82 bits per heavy atom. The molecule has 2 N–H and O–H groups in total. The first-order valence-electron chi connectivity index (χ1n) is 4.85. The van der Waals surface area contributed by atoms with Crippen molar-refractivity contribution in [2.75, 3.05) is 13.1 Å². The van der Waals surface area contributed by atoms with E-state index in [1.165, 1.54) is 11.4 Å². The van der Waals surface area contributed by atoms with Crippen LogP contribution < -0.4 is 5.73 Å². The fourth-order valence-corrected chi connectivity index (χ4v) is 2.38. The molecular formula is C9H12ClN3O3S. The van der Waals surface area contributed by atoms with Crippen LogP contribution in [-0.2, 0) is 0 Å². The van der Waals surface area contributed by atoms with Crippen LogP contribution in [0.5, 0.6) is 0 Å². The van der Waals surface area contributed by atoms with Crippen LogP contribution in [0.3, 0.4) is 0 Å². The number of nitro groups is 1. The quantitative estimate of drug-likeness (QED) is 0.651. The standard InChI is InChI=1S/C9H11N3O3S.ClH/c10-7-1-2-11(4-7)9(13)6-3-8(12(14)15)16-5-6;/h3,5,7H,1-2,4,10H2;1H/t7-;/m1./s1. The predicted molar refractivity (Wildman–Crippen MR) is 66.7 cm³/mol. The van der Waals surface area contributed by atoms with Crippen LogP contribution in [0.2, 0.25) is 0 Å². The topological polar surface area (TPSA) is 89.5 Å². The largest absolute Gasteiger partial charge is 0.337 e. The molecule has 6 nitrogen and oxygen atoms in total. The molecule has 1 aromatic heterocycles. The zero-order valence-electron chi connectivity index (χ0n) is 8.87. The maximum atomic E-state index is 11.9. The van der Waals surface area contributed by atoms with Gasteiger partial charge in [0, 0.05) is 30.6 Å². The summed E-state index contributed by atoms with van der Waals surface area (Å²) in [5, 5.41) is 12.0. The molecule has 0 radical (unpaired) electrons. The fourth-order valence-electron chi connectivity index (χ4n) is 1.69. The van der Waals surface area contributed by atoms with E-state index in [2.05, 4.69) is 0 Å². The minimum atomic E-state index is -0.489. The molecule has 1 amide bonds. The third-order valence-electron chi connectivity index (χ3n) is 2.52. The Kier molecular flexibility index (Phi) is 4.44. The first-order chi connectivity index (χ1) is 7.58. The van der Waals surface area contributed by atoms with Crippen LogP contribution in [0.25, 0.3) is 0 Å². The van der Waals surface area contributed by atoms with Gasteiger partial charge >= 0.3 is 5.00 Å². The first-order valence-corrected chi connectivity index (χ1v) is 5.73. The lowest BCUT2D eigenvalue weighted by Crippen LogP contribution is -2.31. The van der Waals surface area contributed by atoms with Gasteiger partial charge in [0.05, 0.1) is 10.5 Å². The van der Waals surface area contributed by atoms with Gasteiger partial charge in [0.1, 0.15) is 0 Å². The molecule has 1 atom stereocenters. The van der Waals surface area contributed by atoms with Crippen molar-refractivity contribution in [2.24, 2.45) is 5.73 Å². The van der Waals surface area contributed by atoms with Gasteiger partial charge in [-0.05, 0) is 6.42 Å². The number of amides is 1. The third-order valence-corrected chi connectivity index (χ3v) is 3.40. The van der Waals surface area contributed by atoms with E-state index in [0.717, 1.165) is 17.8 Å². The Morgan fingerprint density at radius 1 is 1.65 bits per heavy atom. The molecule has 17 heavy (non-hydrogen) atoms. The zero-order valence-corrected chi connectivity index (χ0v) is 10.5. The van der Waals surface area contributed by atoms with Crippen molar-refractivity contribution in [3.63, 3.8) is 0 Å². The minimum Gasteiger partial charge on any atom is -0.337 e. The highest BCUT2D eigenvalue weighted by atomic mass is 35.5. The average Bonchev–Trinajstić information content (AvgIpc) is 2.84. The van der Waals surface area contributed by atoms with E-state index >= 15 is 0 Å². The second-order valence-corrected chi connectivity index (χ2v) is 4.62. The Morgan fingerprint density at radius 2 is 2.35 bits per heavy atom. The van der Waals surface area contributed by atoms with Gasteiger partial charge < -0.3 is 10.6 Å². The zero-order chi connectivity index (χ0) is 11.7. The Labute approximate surface area is 108 Å². The molecule has 2 heterocycles. The minimum absolute atomic E-state index is 0. The maximum Gasteiger partial charge on any atom is 0.324 e. The van der Waals surface area contributed by atoms with Gasteiger partial charge in [0.25, 0.3) is 5.91 Å².